The van der Waals surface area contributed by atoms with Gasteiger partial charge in [-0.15, -0.1) is 0 Å². The highest BCUT2D eigenvalue weighted by molar-refractivity contribution is 5.93. The third-order valence-electron chi connectivity index (χ3n) is 3.79. The van der Waals surface area contributed by atoms with Gasteiger partial charge in [-0.1, -0.05) is 18.9 Å². The standard InChI is InChI=1S/C13H21NO2/c15-9-11-7-3-4-8-12(11)14-13(16)10-5-1-2-6-10/h5,11-12,15H,1-4,6-9H2,(H,14,16). The summed E-state index contributed by atoms with van der Waals surface area (Å²) < 4.78 is 0. The van der Waals surface area contributed by atoms with Gasteiger partial charge in [0.25, 0.3) is 0 Å². The van der Waals surface area contributed by atoms with Crippen molar-refractivity contribution in [1.29, 1.82) is 0 Å². The summed E-state index contributed by atoms with van der Waals surface area (Å²) in [6.07, 6.45) is 9.52. The van der Waals surface area contributed by atoms with Gasteiger partial charge >= 0.3 is 0 Å². The lowest BCUT2D eigenvalue weighted by molar-refractivity contribution is -0.119. The van der Waals surface area contributed by atoms with Crippen molar-refractivity contribution < 1.29 is 9.90 Å². The fourth-order valence-electron chi connectivity index (χ4n) is 2.75. The second-order valence-corrected chi connectivity index (χ2v) is 4.93. The summed E-state index contributed by atoms with van der Waals surface area (Å²) in [5.41, 5.74) is 0.947. The molecular formula is C13H21NO2. The summed E-state index contributed by atoms with van der Waals surface area (Å²) in [6, 6.07) is 0.188. The molecule has 90 valence electrons. The molecule has 0 radical (unpaired) electrons. The Morgan fingerprint density at radius 3 is 2.88 bits per heavy atom. The smallest absolute Gasteiger partial charge is 0.247 e. The van der Waals surface area contributed by atoms with Crippen molar-refractivity contribution in [1.82, 2.24) is 5.32 Å². The minimum atomic E-state index is 0.0999. The lowest BCUT2D eigenvalue weighted by Crippen LogP contribution is -2.43. The molecule has 0 aromatic heterocycles. The molecule has 1 amide bonds. The normalized spacial score (nSPS) is 29.9. The molecular weight excluding hydrogens is 202 g/mol. The van der Waals surface area contributed by atoms with Crippen molar-refractivity contribution >= 4 is 5.91 Å². The first-order chi connectivity index (χ1) is 7.81. The van der Waals surface area contributed by atoms with E-state index in [2.05, 4.69) is 5.32 Å². The van der Waals surface area contributed by atoms with Crippen molar-refractivity contribution in [2.24, 2.45) is 5.92 Å². The van der Waals surface area contributed by atoms with Gasteiger partial charge in [-0.05, 0) is 32.1 Å². The molecule has 2 atom stereocenters. The molecule has 2 aliphatic carbocycles. The molecule has 2 N–H and O–H groups in total. The zero-order valence-electron chi connectivity index (χ0n) is 9.74. The summed E-state index contributed by atoms with van der Waals surface area (Å²) >= 11 is 0. The highest BCUT2D eigenvalue weighted by Gasteiger charge is 2.26. The summed E-state index contributed by atoms with van der Waals surface area (Å²) in [5, 5.41) is 12.4. The monoisotopic (exact) mass is 223 g/mol. The van der Waals surface area contributed by atoms with E-state index in [0.29, 0.717) is 0 Å². The molecule has 1 fully saturated rings. The van der Waals surface area contributed by atoms with Gasteiger partial charge in [-0.25, -0.2) is 0 Å². The number of hydrogen-bond donors (Lipinski definition) is 2. The van der Waals surface area contributed by atoms with Crippen molar-refractivity contribution in [3.05, 3.63) is 11.6 Å². The maximum Gasteiger partial charge on any atom is 0.247 e. The predicted octanol–water partition coefficient (Wildman–Crippen LogP) is 1.76. The molecule has 16 heavy (non-hydrogen) atoms. The Hall–Kier alpha value is -0.830. The number of amides is 1. The zero-order chi connectivity index (χ0) is 11.4. The second-order valence-electron chi connectivity index (χ2n) is 4.93. The average molecular weight is 223 g/mol. The van der Waals surface area contributed by atoms with Gasteiger partial charge in [0.05, 0.1) is 0 Å². The van der Waals surface area contributed by atoms with Crippen LogP contribution in [0.3, 0.4) is 0 Å². The van der Waals surface area contributed by atoms with E-state index in [-0.39, 0.29) is 24.5 Å². The molecule has 0 spiro atoms. The molecule has 0 aliphatic heterocycles. The zero-order valence-corrected chi connectivity index (χ0v) is 9.74. The molecule has 2 rings (SSSR count). The van der Waals surface area contributed by atoms with Crippen LogP contribution in [0.4, 0.5) is 0 Å². The highest BCUT2D eigenvalue weighted by Crippen LogP contribution is 2.25. The third kappa shape index (κ3) is 2.64. The Labute approximate surface area is 96.9 Å². The molecule has 2 unspecified atom stereocenters. The molecule has 0 aromatic carbocycles. The summed E-state index contributed by atoms with van der Waals surface area (Å²) in [4.78, 5) is 11.9. The van der Waals surface area contributed by atoms with Crippen LogP contribution in [-0.4, -0.2) is 23.7 Å². The fourth-order valence-corrected chi connectivity index (χ4v) is 2.75. The Morgan fingerprint density at radius 2 is 2.19 bits per heavy atom. The van der Waals surface area contributed by atoms with Gasteiger partial charge in [0.1, 0.15) is 0 Å². The summed E-state index contributed by atoms with van der Waals surface area (Å²) in [7, 11) is 0. The predicted molar refractivity (Wildman–Crippen MR) is 62.9 cm³/mol. The van der Waals surface area contributed by atoms with Crippen LogP contribution >= 0.6 is 0 Å². The molecule has 0 bridgehead atoms. The summed E-state index contributed by atoms with van der Waals surface area (Å²) in [5.74, 6) is 0.363. The molecule has 2 aliphatic rings. The van der Waals surface area contributed by atoms with E-state index < -0.39 is 0 Å². The van der Waals surface area contributed by atoms with E-state index in [1.165, 1.54) is 12.8 Å². The minimum absolute atomic E-state index is 0.0999. The van der Waals surface area contributed by atoms with Crippen LogP contribution in [0, 0.1) is 5.92 Å². The van der Waals surface area contributed by atoms with Crippen molar-refractivity contribution in [3.8, 4) is 0 Å². The lowest BCUT2D eigenvalue weighted by atomic mass is 9.85. The van der Waals surface area contributed by atoms with Crippen LogP contribution in [0.5, 0.6) is 0 Å². The van der Waals surface area contributed by atoms with Crippen LogP contribution < -0.4 is 5.32 Å². The lowest BCUT2D eigenvalue weighted by Gasteiger charge is -2.31. The minimum Gasteiger partial charge on any atom is -0.396 e. The van der Waals surface area contributed by atoms with Crippen LogP contribution in [0.2, 0.25) is 0 Å². The van der Waals surface area contributed by atoms with E-state index in [4.69, 9.17) is 0 Å². The van der Waals surface area contributed by atoms with Crippen LogP contribution in [0.25, 0.3) is 0 Å². The third-order valence-corrected chi connectivity index (χ3v) is 3.79. The molecule has 0 saturated heterocycles. The van der Waals surface area contributed by atoms with Crippen molar-refractivity contribution in [3.63, 3.8) is 0 Å². The first-order valence-corrected chi connectivity index (χ1v) is 6.42. The first-order valence-electron chi connectivity index (χ1n) is 6.42. The maximum absolute atomic E-state index is 11.9. The number of carbonyl (C=O) groups is 1. The Bertz CT molecular complexity index is 286. The van der Waals surface area contributed by atoms with Crippen molar-refractivity contribution in [2.45, 2.75) is 51.0 Å². The number of aliphatic hydroxyl groups excluding tert-OH is 1. The first kappa shape index (κ1) is 11.6. The van der Waals surface area contributed by atoms with Crippen LogP contribution in [0.1, 0.15) is 44.9 Å². The van der Waals surface area contributed by atoms with Crippen LogP contribution in [-0.2, 0) is 4.79 Å². The fraction of sp³-hybridized carbons (Fsp3) is 0.769. The van der Waals surface area contributed by atoms with Gasteiger partial charge in [0.15, 0.2) is 0 Å². The Morgan fingerprint density at radius 1 is 1.38 bits per heavy atom. The van der Waals surface area contributed by atoms with Gasteiger partial charge in [-0.3, -0.25) is 4.79 Å². The van der Waals surface area contributed by atoms with Gasteiger partial charge < -0.3 is 10.4 Å². The number of aliphatic hydroxyl groups is 1. The molecule has 3 nitrogen and oxygen atoms in total. The number of nitrogens with one attached hydrogen (secondary N) is 1. The number of rotatable bonds is 3. The van der Waals surface area contributed by atoms with E-state index in [0.717, 1.165) is 37.7 Å². The largest absolute Gasteiger partial charge is 0.396 e. The van der Waals surface area contributed by atoms with Gasteiger partial charge in [-0.2, -0.15) is 0 Å². The summed E-state index contributed by atoms with van der Waals surface area (Å²) in [6.45, 7) is 0.198. The van der Waals surface area contributed by atoms with Gasteiger partial charge in [0, 0.05) is 24.1 Å². The number of carbonyl (C=O) groups excluding carboxylic acids is 1. The molecule has 0 aromatic rings. The molecule has 1 saturated carbocycles. The molecule has 0 heterocycles. The topological polar surface area (TPSA) is 49.3 Å². The van der Waals surface area contributed by atoms with E-state index >= 15 is 0 Å². The van der Waals surface area contributed by atoms with E-state index in [1.807, 2.05) is 6.08 Å². The molecule has 3 heteroatoms. The quantitative estimate of drug-likeness (QED) is 0.766. The number of hydrogen-bond acceptors (Lipinski definition) is 2. The second kappa shape index (κ2) is 5.48. The average Bonchev–Trinajstić information content (AvgIpc) is 2.83. The number of allylic oxidation sites excluding steroid dienone is 1. The Balaban J connectivity index is 1.89. The Kier molecular flexibility index (Phi) is 3.99. The van der Waals surface area contributed by atoms with Gasteiger partial charge in [0.2, 0.25) is 5.91 Å². The van der Waals surface area contributed by atoms with E-state index in [9.17, 15) is 9.90 Å². The SMILES string of the molecule is O=C(NC1CCCCC1CO)C1=CCCC1. The van der Waals surface area contributed by atoms with Crippen LogP contribution in [0.15, 0.2) is 11.6 Å². The van der Waals surface area contributed by atoms with Crippen molar-refractivity contribution in [2.75, 3.05) is 6.61 Å². The maximum atomic E-state index is 11.9. The van der Waals surface area contributed by atoms with E-state index in [1.54, 1.807) is 0 Å². The highest BCUT2D eigenvalue weighted by atomic mass is 16.3.